The van der Waals surface area contributed by atoms with E-state index in [4.69, 9.17) is 10.5 Å². The molecule has 2 aromatic rings. The van der Waals surface area contributed by atoms with Gasteiger partial charge in [0.05, 0.1) is 18.9 Å². The molecule has 2 N–H and O–H groups in total. The van der Waals surface area contributed by atoms with E-state index in [0.717, 1.165) is 0 Å². The smallest absolute Gasteiger partial charge is 0.165 e. The molecule has 82 valence electrons. The van der Waals surface area contributed by atoms with Gasteiger partial charge in [-0.05, 0) is 12.1 Å². The maximum Gasteiger partial charge on any atom is 0.165 e. The van der Waals surface area contributed by atoms with Gasteiger partial charge in [0.15, 0.2) is 17.3 Å². The third-order valence-corrected chi connectivity index (χ3v) is 1.93. The summed E-state index contributed by atoms with van der Waals surface area (Å²) in [6.45, 7) is 0.264. The molecule has 0 saturated heterocycles. The second-order valence-electron chi connectivity index (χ2n) is 3.07. The Hall–Kier alpha value is -2.01. The van der Waals surface area contributed by atoms with Gasteiger partial charge in [-0.25, -0.2) is 14.4 Å². The molecule has 0 bridgehead atoms. The molecule has 0 aliphatic heterocycles. The number of halogens is 1. The van der Waals surface area contributed by atoms with E-state index in [0.29, 0.717) is 11.6 Å². The van der Waals surface area contributed by atoms with Crippen molar-refractivity contribution in [3.8, 4) is 11.5 Å². The van der Waals surface area contributed by atoms with E-state index in [1.807, 2.05) is 0 Å². The molecule has 0 amide bonds. The first-order chi connectivity index (χ1) is 7.79. The van der Waals surface area contributed by atoms with Crippen LogP contribution in [0.2, 0.25) is 0 Å². The SMILES string of the molecule is NCc1ncc(Oc2ccccc2F)cn1. The van der Waals surface area contributed by atoms with Crippen LogP contribution in [0.1, 0.15) is 5.82 Å². The zero-order valence-electron chi connectivity index (χ0n) is 8.43. The largest absolute Gasteiger partial charge is 0.451 e. The number of hydrogen-bond acceptors (Lipinski definition) is 4. The number of rotatable bonds is 3. The van der Waals surface area contributed by atoms with E-state index >= 15 is 0 Å². The van der Waals surface area contributed by atoms with Crippen molar-refractivity contribution in [2.45, 2.75) is 6.54 Å². The lowest BCUT2D eigenvalue weighted by Crippen LogP contribution is -2.02. The van der Waals surface area contributed by atoms with Crippen molar-refractivity contribution in [3.63, 3.8) is 0 Å². The Morgan fingerprint density at radius 2 is 1.88 bits per heavy atom. The number of para-hydroxylation sites is 1. The van der Waals surface area contributed by atoms with E-state index in [9.17, 15) is 4.39 Å². The van der Waals surface area contributed by atoms with Crippen LogP contribution >= 0.6 is 0 Å². The Morgan fingerprint density at radius 3 is 2.50 bits per heavy atom. The minimum Gasteiger partial charge on any atom is -0.451 e. The molecule has 4 nitrogen and oxygen atoms in total. The van der Waals surface area contributed by atoms with Gasteiger partial charge in [0.1, 0.15) is 5.82 Å². The van der Waals surface area contributed by atoms with E-state index in [-0.39, 0.29) is 12.3 Å². The Bertz CT molecular complexity index is 473. The van der Waals surface area contributed by atoms with Gasteiger partial charge in [0, 0.05) is 0 Å². The molecule has 0 spiro atoms. The van der Waals surface area contributed by atoms with Crippen LogP contribution < -0.4 is 10.5 Å². The van der Waals surface area contributed by atoms with Crippen LogP contribution in [0.3, 0.4) is 0 Å². The summed E-state index contributed by atoms with van der Waals surface area (Å²) < 4.78 is 18.5. The molecule has 1 aromatic heterocycles. The fourth-order valence-corrected chi connectivity index (χ4v) is 1.16. The van der Waals surface area contributed by atoms with Gasteiger partial charge in [0.25, 0.3) is 0 Å². The van der Waals surface area contributed by atoms with Crippen LogP contribution in [0.5, 0.6) is 11.5 Å². The quantitative estimate of drug-likeness (QED) is 0.855. The summed E-state index contributed by atoms with van der Waals surface area (Å²) in [6.07, 6.45) is 2.92. The van der Waals surface area contributed by atoms with Crippen molar-refractivity contribution < 1.29 is 9.13 Å². The number of hydrogen-bond donors (Lipinski definition) is 1. The number of nitrogens with two attached hydrogens (primary N) is 1. The molecule has 0 unspecified atom stereocenters. The monoisotopic (exact) mass is 219 g/mol. The number of benzene rings is 1. The van der Waals surface area contributed by atoms with E-state index in [2.05, 4.69) is 9.97 Å². The number of ether oxygens (including phenoxy) is 1. The van der Waals surface area contributed by atoms with Crippen LogP contribution in [0.25, 0.3) is 0 Å². The zero-order chi connectivity index (χ0) is 11.4. The van der Waals surface area contributed by atoms with E-state index in [1.54, 1.807) is 12.1 Å². The Balaban J connectivity index is 2.18. The Morgan fingerprint density at radius 1 is 1.19 bits per heavy atom. The molecule has 16 heavy (non-hydrogen) atoms. The first-order valence-electron chi connectivity index (χ1n) is 4.73. The molecular formula is C11H10FN3O. The molecule has 2 rings (SSSR count). The lowest BCUT2D eigenvalue weighted by Gasteiger charge is -2.05. The highest BCUT2D eigenvalue weighted by molar-refractivity contribution is 5.29. The maximum absolute atomic E-state index is 13.2. The van der Waals surface area contributed by atoms with Gasteiger partial charge in [-0.1, -0.05) is 12.1 Å². The Labute approximate surface area is 91.9 Å². The van der Waals surface area contributed by atoms with Gasteiger partial charge >= 0.3 is 0 Å². The summed E-state index contributed by atoms with van der Waals surface area (Å²) in [7, 11) is 0. The van der Waals surface area contributed by atoms with Crippen molar-refractivity contribution in [2.24, 2.45) is 5.73 Å². The Kier molecular flexibility index (Phi) is 3.07. The predicted octanol–water partition coefficient (Wildman–Crippen LogP) is 1.87. The lowest BCUT2D eigenvalue weighted by atomic mass is 10.3. The average molecular weight is 219 g/mol. The molecule has 0 saturated carbocycles. The molecule has 5 heteroatoms. The average Bonchev–Trinajstić information content (AvgIpc) is 2.33. The normalized spacial score (nSPS) is 10.1. The van der Waals surface area contributed by atoms with Gasteiger partial charge in [-0.2, -0.15) is 0 Å². The molecule has 1 aromatic carbocycles. The van der Waals surface area contributed by atoms with Crippen LogP contribution in [0, 0.1) is 5.82 Å². The van der Waals surface area contributed by atoms with Crippen molar-refractivity contribution in [2.75, 3.05) is 0 Å². The van der Waals surface area contributed by atoms with Crippen LogP contribution in [-0.2, 0) is 6.54 Å². The first-order valence-corrected chi connectivity index (χ1v) is 4.73. The number of aromatic nitrogens is 2. The van der Waals surface area contributed by atoms with Crippen molar-refractivity contribution in [1.82, 2.24) is 9.97 Å². The fraction of sp³-hybridized carbons (Fsp3) is 0.0909. The summed E-state index contributed by atoms with van der Waals surface area (Å²) in [6, 6.07) is 6.14. The highest BCUT2D eigenvalue weighted by atomic mass is 19.1. The van der Waals surface area contributed by atoms with Crippen LogP contribution in [0.4, 0.5) is 4.39 Å². The number of nitrogens with zero attached hydrogens (tertiary/aromatic N) is 2. The molecule has 0 aliphatic carbocycles. The summed E-state index contributed by atoms with van der Waals surface area (Å²) in [5, 5.41) is 0. The molecular weight excluding hydrogens is 209 g/mol. The first kappa shape index (κ1) is 10.5. The lowest BCUT2D eigenvalue weighted by molar-refractivity contribution is 0.438. The van der Waals surface area contributed by atoms with E-state index < -0.39 is 5.82 Å². The zero-order valence-corrected chi connectivity index (χ0v) is 8.43. The summed E-state index contributed by atoms with van der Waals surface area (Å²) in [4.78, 5) is 7.88. The second-order valence-corrected chi connectivity index (χ2v) is 3.07. The van der Waals surface area contributed by atoms with Gasteiger partial charge in [-0.3, -0.25) is 0 Å². The summed E-state index contributed by atoms with van der Waals surface area (Å²) >= 11 is 0. The third-order valence-electron chi connectivity index (χ3n) is 1.93. The van der Waals surface area contributed by atoms with E-state index in [1.165, 1.54) is 24.5 Å². The van der Waals surface area contributed by atoms with Gasteiger partial charge < -0.3 is 10.5 Å². The van der Waals surface area contributed by atoms with Crippen LogP contribution in [-0.4, -0.2) is 9.97 Å². The second kappa shape index (κ2) is 4.67. The van der Waals surface area contributed by atoms with Gasteiger partial charge in [-0.15, -0.1) is 0 Å². The highest BCUT2D eigenvalue weighted by Gasteiger charge is 2.03. The highest BCUT2D eigenvalue weighted by Crippen LogP contribution is 2.22. The minimum atomic E-state index is -0.426. The predicted molar refractivity (Wildman–Crippen MR) is 56.4 cm³/mol. The maximum atomic E-state index is 13.2. The molecule has 0 aliphatic rings. The standard InChI is InChI=1S/C11H10FN3O/c12-9-3-1-2-4-10(9)16-8-6-14-11(5-13)15-7-8/h1-4,6-7H,5,13H2. The third kappa shape index (κ3) is 2.32. The minimum absolute atomic E-state index is 0.145. The fourth-order valence-electron chi connectivity index (χ4n) is 1.16. The summed E-state index contributed by atoms with van der Waals surface area (Å²) in [5.74, 6) is 0.611. The van der Waals surface area contributed by atoms with Crippen molar-refractivity contribution in [1.29, 1.82) is 0 Å². The topological polar surface area (TPSA) is 61.0 Å². The molecule has 1 heterocycles. The molecule has 0 radical (unpaired) electrons. The van der Waals surface area contributed by atoms with Crippen LogP contribution in [0.15, 0.2) is 36.7 Å². The van der Waals surface area contributed by atoms with Crippen molar-refractivity contribution >= 4 is 0 Å². The molecule has 0 fully saturated rings. The molecule has 0 atom stereocenters. The van der Waals surface area contributed by atoms with Crippen molar-refractivity contribution in [3.05, 3.63) is 48.3 Å². The summed E-state index contributed by atoms with van der Waals surface area (Å²) in [5.41, 5.74) is 5.35. The van der Waals surface area contributed by atoms with Gasteiger partial charge in [0.2, 0.25) is 0 Å².